The van der Waals surface area contributed by atoms with E-state index in [1.165, 1.54) is 12.1 Å². The van der Waals surface area contributed by atoms with E-state index in [0.717, 1.165) is 0 Å². The van der Waals surface area contributed by atoms with Crippen molar-refractivity contribution in [1.29, 1.82) is 0 Å². The Bertz CT molecular complexity index is 767. The molecule has 1 aromatic carbocycles. The van der Waals surface area contributed by atoms with Gasteiger partial charge >= 0.3 is 5.97 Å². The monoisotopic (exact) mass is 438 g/mol. The fourth-order valence-electron chi connectivity index (χ4n) is 2.76. The lowest BCUT2D eigenvalue weighted by atomic mass is 10.0. The Morgan fingerprint density at radius 1 is 0.935 bits per heavy atom. The Balaban J connectivity index is 2.91. The van der Waals surface area contributed by atoms with Crippen LogP contribution in [0.3, 0.4) is 0 Å². The maximum absolute atomic E-state index is 12.7. The van der Waals surface area contributed by atoms with E-state index in [2.05, 4.69) is 16.0 Å². The summed E-state index contributed by atoms with van der Waals surface area (Å²) in [6.45, 7) is 2.45. The standard InChI is InChI=1S/C20H30N4O7/c1-11(2)7-15(20(30)31)23-19(29)16(10-25)24-18(28)14(22-17(27)9-21)8-12-3-5-13(26)6-4-12/h3-6,11,14-16,25-26H,7-10,21H2,1-2H3,(H,22,27)(H,23,29)(H,24,28)(H,30,31). The van der Waals surface area contributed by atoms with Crippen molar-refractivity contribution in [2.75, 3.05) is 13.2 Å². The summed E-state index contributed by atoms with van der Waals surface area (Å²) in [6, 6.07) is 2.24. The molecule has 0 fully saturated rings. The average molecular weight is 438 g/mol. The largest absolute Gasteiger partial charge is 0.508 e. The fourth-order valence-corrected chi connectivity index (χ4v) is 2.76. The van der Waals surface area contributed by atoms with Crippen molar-refractivity contribution in [3.8, 4) is 5.75 Å². The lowest BCUT2D eigenvalue weighted by molar-refractivity contribution is -0.143. The van der Waals surface area contributed by atoms with Crippen LogP contribution in [0.25, 0.3) is 0 Å². The van der Waals surface area contributed by atoms with Crippen LogP contribution in [-0.2, 0) is 25.6 Å². The quantitative estimate of drug-likeness (QED) is 0.204. The van der Waals surface area contributed by atoms with Crippen molar-refractivity contribution in [3.05, 3.63) is 29.8 Å². The molecule has 3 atom stereocenters. The zero-order valence-electron chi connectivity index (χ0n) is 17.5. The molecule has 0 aliphatic rings. The number of benzene rings is 1. The Morgan fingerprint density at radius 3 is 1.97 bits per heavy atom. The molecule has 3 unspecified atom stereocenters. The van der Waals surface area contributed by atoms with Gasteiger partial charge in [-0.3, -0.25) is 14.4 Å². The molecule has 11 nitrogen and oxygen atoms in total. The van der Waals surface area contributed by atoms with Crippen LogP contribution >= 0.6 is 0 Å². The van der Waals surface area contributed by atoms with Gasteiger partial charge in [-0.05, 0) is 30.0 Å². The number of hydrogen-bond acceptors (Lipinski definition) is 7. The number of phenols is 1. The Kier molecular flexibility index (Phi) is 10.4. The highest BCUT2D eigenvalue weighted by atomic mass is 16.4. The molecule has 0 aromatic heterocycles. The minimum Gasteiger partial charge on any atom is -0.508 e. The van der Waals surface area contributed by atoms with Crippen molar-refractivity contribution in [2.24, 2.45) is 11.7 Å². The molecule has 0 aliphatic heterocycles. The van der Waals surface area contributed by atoms with E-state index < -0.39 is 48.4 Å². The molecule has 0 aliphatic carbocycles. The molecule has 3 amide bonds. The van der Waals surface area contributed by atoms with E-state index in [-0.39, 0.29) is 31.1 Å². The number of aromatic hydroxyl groups is 1. The first-order valence-electron chi connectivity index (χ1n) is 9.79. The number of aliphatic hydroxyl groups excluding tert-OH is 1. The molecule has 1 rings (SSSR count). The summed E-state index contributed by atoms with van der Waals surface area (Å²) in [5, 5.41) is 35.3. The van der Waals surface area contributed by atoms with Crippen molar-refractivity contribution in [1.82, 2.24) is 16.0 Å². The molecule has 172 valence electrons. The van der Waals surface area contributed by atoms with Gasteiger partial charge in [-0.1, -0.05) is 26.0 Å². The second kappa shape index (κ2) is 12.5. The third-order valence-electron chi connectivity index (χ3n) is 4.35. The molecule has 0 saturated carbocycles. The summed E-state index contributed by atoms with van der Waals surface area (Å²) in [6.07, 6.45) is 0.200. The van der Waals surface area contributed by atoms with E-state index in [0.29, 0.717) is 5.56 Å². The summed E-state index contributed by atoms with van der Waals surface area (Å²) >= 11 is 0. The summed E-state index contributed by atoms with van der Waals surface area (Å²) in [5.74, 6) is -3.44. The zero-order chi connectivity index (χ0) is 23.6. The molecule has 0 radical (unpaired) electrons. The second-order valence-electron chi connectivity index (χ2n) is 7.47. The van der Waals surface area contributed by atoms with Gasteiger partial charge < -0.3 is 37.0 Å². The average Bonchev–Trinajstić information content (AvgIpc) is 2.71. The number of carboxylic acids is 1. The van der Waals surface area contributed by atoms with Crippen molar-refractivity contribution in [3.63, 3.8) is 0 Å². The van der Waals surface area contributed by atoms with E-state index in [1.807, 2.05) is 0 Å². The first-order valence-corrected chi connectivity index (χ1v) is 9.79. The molecule has 0 saturated heterocycles. The van der Waals surface area contributed by atoms with Crippen LogP contribution in [0, 0.1) is 5.92 Å². The van der Waals surface area contributed by atoms with Crippen LogP contribution < -0.4 is 21.7 Å². The van der Waals surface area contributed by atoms with Gasteiger partial charge in [0.15, 0.2) is 0 Å². The van der Waals surface area contributed by atoms with Crippen LogP contribution in [-0.4, -0.2) is 70.3 Å². The van der Waals surface area contributed by atoms with Crippen LogP contribution in [0.15, 0.2) is 24.3 Å². The van der Waals surface area contributed by atoms with E-state index in [1.54, 1.807) is 26.0 Å². The third kappa shape index (κ3) is 9.01. The number of hydrogen-bond donors (Lipinski definition) is 7. The number of rotatable bonds is 12. The molecular formula is C20H30N4O7. The number of nitrogens with one attached hydrogen (secondary N) is 3. The molecular weight excluding hydrogens is 408 g/mol. The molecule has 0 bridgehead atoms. The van der Waals surface area contributed by atoms with E-state index in [4.69, 9.17) is 5.73 Å². The number of carbonyl (C=O) groups is 4. The summed E-state index contributed by atoms with van der Waals surface area (Å²) in [5.41, 5.74) is 5.91. The van der Waals surface area contributed by atoms with Crippen LogP contribution in [0.1, 0.15) is 25.8 Å². The summed E-state index contributed by atoms with van der Waals surface area (Å²) < 4.78 is 0. The molecule has 1 aromatic rings. The Labute approximate surface area is 180 Å². The number of amides is 3. The van der Waals surface area contributed by atoms with Crippen molar-refractivity contribution < 1.29 is 34.5 Å². The van der Waals surface area contributed by atoms with Gasteiger partial charge in [0.2, 0.25) is 17.7 Å². The number of carbonyl (C=O) groups excluding carboxylic acids is 3. The molecule has 11 heteroatoms. The third-order valence-corrected chi connectivity index (χ3v) is 4.35. The number of phenolic OH excluding ortho intramolecular Hbond substituents is 1. The van der Waals surface area contributed by atoms with Crippen LogP contribution in [0.5, 0.6) is 5.75 Å². The minimum absolute atomic E-state index is 0.00951. The second-order valence-corrected chi connectivity index (χ2v) is 7.47. The maximum atomic E-state index is 12.7. The first-order chi connectivity index (χ1) is 14.6. The van der Waals surface area contributed by atoms with Gasteiger partial charge in [0.25, 0.3) is 0 Å². The van der Waals surface area contributed by atoms with Gasteiger partial charge in [0, 0.05) is 6.42 Å². The lowest BCUT2D eigenvalue weighted by Gasteiger charge is -2.24. The van der Waals surface area contributed by atoms with Gasteiger partial charge in [0.1, 0.15) is 23.9 Å². The minimum atomic E-state index is -1.42. The number of nitrogens with two attached hydrogens (primary N) is 1. The molecule has 0 heterocycles. The normalized spacial score (nSPS) is 13.7. The highest BCUT2D eigenvalue weighted by molar-refractivity contribution is 5.93. The van der Waals surface area contributed by atoms with E-state index in [9.17, 15) is 34.5 Å². The molecule has 0 spiro atoms. The number of aliphatic carboxylic acids is 1. The fraction of sp³-hybridized carbons (Fsp3) is 0.500. The predicted octanol–water partition coefficient (Wildman–Crippen LogP) is -1.53. The zero-order valence-corrected chi connectivity index (χ0v) is 17.5. The van der Waals surface area contributed by atoms with Crippen LogP contribution in [0.4, 0.5) is 0 Å². The SMILES string of the molecule is CC(C)CC(NC(=O)C(CO)NC(=O)C(Cc1ccc(O)cc1)NC(=O)CN)C(=O)O. The topological polar surface area (TPSA) is 191 Å². The smallest absolute Gasteiger partial charge is 0.326 e. The summed E-state index contributed by atoms with van der Waals surface area (Å²) in [4.78, 5) is 48.2. The van der Waals surface area contributed by atoms with Gasteiger partial charge in [-0.25, -0.2) is 4.79 Å². The van der Waals surface area contributed by atoms with Gasteiger partial charge in [0.05, 0.1) is 13.2 Å². The molecule has 31 heavy (non-hydrogen) atoms. The number of aliphatic hydroxyl groups is 1. The van der Waals surface area contributed by atoms with Crippen LogP contribution in [0.2, 0.25) is 0 Å². The molecule has 8 N–H and O–H groups in total. The summed E-state index contributed by atoms with van der Waals surface area (Å²) in [7, 11) is 0. The van der Waals surface area contributed by atoms with Crippen molar-refractivity contribution >= 4 is 23.7 Å². The van der Waals surface area contributed by atoms with Crippen molar-refractivity contribution in [2.45, 2.75) is 44.8 Å². The van der Waals surface area contributed by atoms with E-state index >= 15 is 0 Å². The predicted molar refractivity (Wildman–Crippen MR) is 111 cm³/mol. The maximum Gasteiger partial charge on any atom is 0.326 e. The Hall–Kier alpha value is -3.18. The first kappa shape index (κ1) is 25.9. The Morgan fingerprint density at radius 2 is 1.48 bits per heavy atom. The van der Waals surface area contributed by atoms with Gasteiger partial charge in [-0.2, -0.15) is 0 Å². The highest BCUT2D eigenvalue weighted by Gasteiger charge is 2.29. The lowest BCUT2D eigenvalue weighted by Crippen LogP contribution is -2.57. The highest BCUT2D eigenvalue weighted by Crippen LogP contribution is 2.12. The van der Waals surface area contributed by atoms with Gasteiger partial charge in [-0.15, -0.1) is 0 Å². The number of carboxylic acid groups (broad SMARTS) is 1.